The maximum absolute atomic E-state index is 13.8. The molecule has 0 atom stereocenters. The number of fused-ring (bicyclic) bond motifs is 1. The van der Waals surface area contributed by atoms with Crippen LogP contribution in [-0.2, 0) is 5.41 Å². The van der Waals surface area contributed by atoms with E-state index in [1.807, 2.05) is 18.2 Å². The zero-order valence-corrected chi connectivity index (χ0v) is 12.9. The first kappa shape index (κ1) is 14.4. The van der Waals surface area contributed by atoms with E-state index in [4.69, 9.17) is 0 Å². The van der Waals surface area contributed by atoms with Gasteiger partial charge in [-0.15, -0.1) is 0 Å². The molecule has 0 saturated heterocycles. The van der Waals surface area contributed by atoms with Gasteiger partial charge in [-0.25, -0.2) is 14.4 Å². The highest BCUT2D eigenvalue weighted by Gasteiger charge is 2.13. The Balaban J connectivity index is 1.95. The molecule has 1 heterocycles. The van der Waals surface area contributed by atoms with Crippen LogP contribution in [0.25, 0.3) is 10.9 Å². The van der Waals surface area contributed by atoms with Gasteiger partial charge in [0.05, 0.1) is 0 Å². The van der Waals surface area contributed by atoms with Crippen LogP contribution in [0.5, 0.6) is 0 Å². The van der Waals surface area contributed by atoms with Crippen LogP contribution in [-0.4, -0.2) is 9.97 Å². The van der Waals surface area contributed by atoms with Crippen LogP contribution in [0, 0.1) is 5.82 Å². The Hall–Kier alpha value is -2.49. The lowest BCUT2D eigenvalue weighted by molar-refractivity contribution is 0.590. The summed E-state index contributed by atoms with van der Waals surface area (Å²) in [7, 11) is 0. The molecule has 1 N–H and O–H groups in total. The van der Waals surface area contributed by atoms with Crippen molar-refractivity contribution < 1.29 is 4.39 Å². The summed E-state index contributed by atoms with van der Waals surface area (Å²) in [5.74, 6) is 0.263. The van der Waals surface area contributed by atoms with Crippen LogP contribution in [0.2, 0.25) is 0 Å². The normalized spacial score (nSPS) is 11.6. The predicted molar refractivity (Wildman–Crippen MR) is 87.9 cm³/mol. The Morgan fingerprint density at radius 3 is 2.36 bits per heavy atom. The Kier molecular flexibility index (Phi) is 3.53. The standard InChI is InChI=1S/C18H18FN3/c1-18(2,3)12-7-9-13(10-8-12)22-17-14-5-4-6-15(19)16(14)20-11-21-17/h4-11H,1-3H3,(H,20,21,22). The fourth-order valence-electron chi connectivity index (χ4n) is 2.34. The van der Waals surface area contributed by atoms with Crippen molar-refractivity contribution in [2.75, 3.05) is 5.32 Å². The number of benzene rings is 2. The van der Waals surface area contributed by atoms with Gasteiger partial charge in [0.15, 0.2) is 0 Å². The lowest BCUT2D eigenvalue weighted by Gasteiger charge is -2.19. The molecule has 0 aliphatic rings. The number of nitrogens with one attached hydrogen (secondary N) is 1. The van der Waals surface area contributed by atoms with Crippen molar-refractivity contribution in [1.29, 1.82) is 0 Å². The van der Waals surface area contributed by atoms with Gasteiger partial charge in [-0.05, 0) is 35.2 Å². The molecule has 112 valence electrons. The molecular formula is C18H18FN3. The second-order valence-electron chi connectivity index (χ2n) is 6.31. The summed E-state index contributed by atoms with van der Waals surface area (Å²) < 4.78 is 13.8. The number of aromatic nitrogens is 2. The van der Waals surface area contributed by atoms with Crippen LogP contribution in [0.1, 0.15) is 26.3 Å². The van der Waals surface area contributed by atoms with Crippen LogP contribution in [0.4, 0.5) is 15.9 Å². The lowest BCUT2D eigenvalue weighted by atomic mass is 9.87. The third-order valence-electron chi connectivity index (χ3n) is 3.63. The Morgan fingerprint density at radius 1 is 0.955 bits per heavy atom. The maximum Gasteiger partial charge on any atom is 0.149 e. The molecule has 0 spiro atoms. The molecule has 0 unspecified atom stereocenters. The summed E-state index contributed by atoms with van der Waals surface area (Å²) in [5, 5.41) is 3.90. The van der Waals surface area contributed by atoms with E-state index >= 15 is 0 Å². The molecular weight excluding hydrogens is 277 g/mol. The van der Waals surface area contributed by atoms with Crippen molar-refractivity contribution >= 4 is 22.4 Å². The molecule has 22 heavy (non-hydrogen) atoms. The Bertz CT molecular complexity index is 805. The molecule has 4 heteroatoms. The van der Waals surface area contributed by atoms with Crippen molar-refractivity contribution in [3.8, 4) is 0 Å². The fraction of sp³-hybridized carbons (Fsp3) is 0.222. The molecule has 3 rings (SSSR count). The van der Waals surface area contributed by atoms with Gasteiger partial charge in [0.25, 0.3) is 0 Å². The predicted octanol–water partition coefficient (Wildman–Crippen LogP) is 4.81. The summed E-state index contributed by atoms with van der Waals surface area (Å²) in [6, 6.07) is 13.1. The number of para-hydroxylation sites is 1. The molecule has 0 aliphatic carbocycles. The number of hydrogen-bond donors (Lipinski definition) is 1. The van der Waals surface area contributed by atoms with Gasteiger partial charge < -0.3 is 5.32 Å². The fourth-order valence-corrected chi connectivity index (χ4v) is 2.34. The molecule has 0 aliphatic heterocycles. The topological polar surface area (TPSA) is 37.8 Å². The third-order valence-corrected chi connectivity index (χ3v) is 3.63. The summed E-state index contributed by atoms with van der Waals surface area (Å²) in [6.07, 6.45) is 1.37. The molecule has 0 fully saturated rings. The monoisotopic (exact) mass is 295 g/mol. The van der Waals surface area contributed by atoms with E-state index in [9.17, 15) is 4.39 Å². The van der Waals surface area contributed by atoms with Gasteiger partial charge >= 0.3 is 0 Å². The summed E-state index contributed by atoms with van der Waals surface area (Å²) in [6.45, 7) is 6.53. The largest absolute Gasteiger partial charge is 0.340 e. The van der Waals surface area contributed by atoms with Gasteiger partial charge in [-0.1, -0.05) is 39.0 Å². The number of halogens is 1. The summed E-state index contributed by atoms with van der Waals surface area (Å²) >= 11 is 0. The Labute approximate surface area is 129 Å². The molecule has 2 aromatic carbocycles. The summed E-state index contributed by atoms with van der Waals surface area (Å²) in [4.78, 5) is 8.23. The van der Waals surface area contributed by atoms with Crippen molar-refractivity contribution in [2.45, 2.75) is 26.2 Å². The van der Waals surface area contributed by atoms with Gasteiger partial charge in [0.2, 0.25) is 0 Å². The number of hydrogen-bond acceptors (Lipinski definition) is 3. The lowest BCUT2D eigenvalue weighted by Crippen LogP contribution is -2.10. The van der Waals surface area contributed by atoms with Gasteiger partial charge in [0.1, 0.15) is 23.5 Å². The van der Waals surface area contributed by atoms with E-state index in [-0.39, 0.29) is 11.2 Å². The SMILES string of the molecule is CC(C)(C)c1ccc(Nc2ncnc3c(F)cccc23)cc1. The van der Waals surface area contributed by atoms with Crippen molar-refractivity contribution in [3.05, 3.63) is 60.2 Å². The van der Waals surface area contributed by atoms with E-state index in [1.54, 1.807) is 6.07 Å². The van der Waals surface area contributed by atoms with E-state index in [0.717, 1.165) is 5.69 Å². The zero-order valence-electron chi connectivity index (χ0n) is 12.9. The van der Waals surface area contributed by atoms with Crippen molar-refractivity contribution in [2.24, 2.45) is 0 Å². The first-order valence-corrected chi connectivity index (χ1v) is 7.22. The number of nitrogens with zero attached hydrogens (tertiary/aromatic N) is 2. The minimum Gasteiger partial charge on any atom is -0.340 e. The van der Waals surface area contributed by atoms with Crippen LogP contribution in [0.3, 0.4) is 0 Å². The molecule has 0 bridgehead atoms. The van der Waals surface area contributed by atoms with E-state index < -0.39 is 0 Å². The molecule has 3 aromatic rings. The zero-order chi connectivity index (χ0) is 15.7. The van der Waals surface area contributed by atoms with E-state index in [0.29, 0.717) is 16.7 Å². The molecule has 1 aromatic heterocycles. The average molecular weight is 295 g/mol. The number of anilines is 2. The molecule has 0 radical (unpaired) electrons. The first-order valence-electron chi connectivity index (χ1n) is 7.22. The highest BCUT2D eigenvalue weighted by atomic mass is 19.1. The Morgan fingerprint density at radius 2 is 1.68 bits per heavy atom. The minimum absolute atomic E-state index is 0.114. The van der Waals surface area contributed by atoms with Crippen LogP contribution in [0.15, 0.2) is 48.8 Å². The van der Waals surface area contributed by atoms with Gasteiger partial charge in [0, 0.05) is 11.1 Å². The quantitative estimate of drug-likeness (QED) is 0.737. The van der Waals surface area contributed by atoms with Crippen molar-refractivity contribution in [1.82, 2.24) is 9.97 Å². The van der Waals surface area contributed by atoms with Gasteiger partial charge in [-0.2, -0.15) is 0 Å². The number of rotatable bonds is 2. The first-order chi connectivity index (χ1) is 10.4. The van der Waals surface area contributed by atoms with Crippen LogP contribution >= 0.6 is 0 Å². The average Bonchev–Trinajstić information content (AvgIpc) is 2.48. The molecule has 3 nitrogen and oxygen atoms in total. The van der Waals surface area contributed by atoms with Crippen molar-refractivity contribution in [3.63, 3.8) is 0 Å². The van der Waals surface area contributed by atoms with Gasteiger partial charge in [-0.3, -0.25) is 0 Å². The molecule has 0 saturated carbocycles. The van der Waals surface area contributed by atoms with E-state index in [1.165, 1.54) is 18.0 Å². The minimum atomic E-state index is -0.342. The second-order valence-corrected chi connectivity index (χ2v) is 6.31. The maximum atomic E-state index is 13.8. The highest BCUT2D eigenvalue weighted by Crippen LogP contribution is 2.27. The molecule has 0 amide bonds. The second kappa shape index (κ2) is 5.37. The highest BCUT2D eigenvalue weighted by molar-refractivity contribution is 5.90. The third kappa shape index (κ3) is 2.77. The van der Waals surface area contributed by atoms with Crippen LogP contribution < -0.4 is 5.32 Å². The summed E-state index contributed by atoms with van der Waals surface area (Å²) in [5.41, 5.74) is 2.61. The van der Waals surface area contributed by atoms with E-state index in [2.05, 4.69) is 48.2 Å². The smallest absolute Gasteiger partial charge is 0.149 e.